The van der Waals surface area contributed by atoms with Crippen LogP contribution in [0, 0.1) is 0 Å². The highest BCUT2D eigenvalue weighted by atomic mass is 19.4. The molecule has 7 nitrogen and oxygen atoms in total. The average Bonchev–Trinajstić information content (AvgIpc) is 2.53. The second-order valence-electron chi connectivity index (χ2n) is 4.29. The Balaban J connectivity index is 2.35. The Hall–Kier alpha value is -3.04. The van der Waals surface area contributed by atoms with Crippen molar-refractivity contribution in [2.24, 2.45) is 10.9 Å². The number of hydrogen-bond donors (Lipinski definition) is 3. The number of amidine groups is 1. The molecule has 0 unspecified atom stereocenters. The Labute approximate surface area is 128 Å². The van der Waals surface area contributed by atoms with E-state index in [0.29, 0.717) is 5.69 Å². The van der Waals surface area contributed by atoms with Gasteiger partial charge in [-0.3, -0.25) is 0 Å². The van der Waals surface area contributed by atoms with E-state index in [1.807, 2.05) is 0 Å². The molecule has 0 radical (unpaired) electrons. The third-order valence-corrected chi connectivity index (χ3v) is 2.78. The Morgan fingerprint density at radius 2 is 1.96 bits per heavy atom. The van der Waals surface area contributed by atoms with Crippen molar-refractivity contribution in [3.63, 3.8) is 0 Å². The fraction of sp³-hybridized carbons (Fsp3) is 0.154. The molecule has 0 aliphatic rings. The smallest absolute Gasteiger partial charge is 0.416 e. The zero-order valence-corrected chi connectivity index (χ0v) is 11.8. The van der Waals surface area contributed by atoms with Crippen molar-refractivity contribution >= 4 is 17.3 Å². The van der Waals surface area contributed by atoms with Crippen molar-refractivity contribution in [3.05, 3.63) is 41.7 Å². The van der Waals surface area contributed by atoms with E-state index in [4.69, 9.17) is 15.7 Å². The van der Waals surface area contributed by atoms with Crippen molar-refractivity contribution in [1.82, 2.24) is 9.97 Å². The van der Waals surface area contributed by atoms with Crippen LogP contribution < -0.4 is 15.8 Å². The summed E-state index contributed by atoms with van der Waals surface area (Å²) in [5.74, 6) is -0.0946. The number of rotatable bonds is 4. The van der Waals surface area contributed by atoms with E-state index in [2.05, 4.69) is 20.4 Å². The summed E-state index contributed by atoms with van der Waals surface area (Å²) < 4.78 is 42.5. The molecule has 0 saturated heterocycles. The first-order valence-electron chi connectivity index (χ1n) is 6.18. The highest BCUT2D eigenvalue weighted by Crippen LogP contribution is 2.30. The lowest BCUT2D eigenvalue weighted by atomic mass is 10.2. The number of oxime groups is 1. The fourth-order valence-corrected chi connectivity index (χ4v) is 1.67. The molecule has 1 heterocycles. The number of nitrogens with two attached hydrogens (primary N) is 1. The van der Waals surface area contributed by atoms with Gasteiger partial charge in [-0.2, -0.15) is 18.2 Å². The number of nitrogens with zero attached hydrogens (tertiary/aromatic N) is 3. The number of methoxy groups -OCH3 is 1. The minimum atomic E-state index is -4.42. The summed E-state index contributed by atoms with van der Waals surface area (Å²) >= 11 is 0. The van der Waals surface area contributed by atoms with Gasteiger partial charge >= 0.3 is 6.18 Å². The van der Waals surface area contributed by atoms with Crippen LogP contribution in [0.25, 0.3) is 0 Å². The zero-order valence-electron chi connectivity index (χ0n) is 11.8. The molecular formula is C13H12F3N5O2. The van der Waals surface area contributed by atoms with Crippen LogP contribution in [0.15, 0.2) is 35.6 Å². The molecule has 1 aromatic carbocycles. The van der Waals surface area contributed by atoms with Gasteiger partial charge in [0.2, 0.25) is 5.88 Å². The normalized spacial score (nSPS) is 12.1. The molecular weight excluding hydrogens is 315 g/mol. The van der Waals surface area contributed by atoms with Crippen molar-refractivity contribution in [3.8, 4) is 5.88 Å². The summed E-state index contributed by atoms with van der Waals surface area (Å²) in [7, 11) is 1.37. The summed E-state index contributed by atoms with van der Waals surface area (Å²) in [5.41, 5.74) is 5.04. The predicted octanol–water partition coefficient (Wildman–Crippen LogP) is 2.34. The lowest BCUT2D eigenvalue weighted by Crippen LogP contribution is -2.18. The van der Waals surface area contributed by atoms with Crippen molar-refractivity contribution in [2.45, 2.75) is 6.18 Å². The molecule has 23 heavy (non-hydrogen) atoms. The first kappa shape index (κ1) is 16.3. The molecule has 1 aromatic heterocycles. The quantitative estimate of drug-likeness (QED) is 0.344. The maximum Gasteiger partial charge on any atom is 0.416 e. The lowest BCUT2D eigenvalue weighted by Gasteiger charge is -2.12. The van der Waals surface area contributed by atoms with Crippen LogP contribution in [0.2, 0.25) is 0 Å². The molecule has 10 heteroatoms. The molecule has 2 aromatic rings. The Kier molecular flexibility index (Phi) is 4.53. The van der Waals surface area contributed by atoms with Crippen LogP contribution in [0.3, 0.4) is 0 Å². The number of anilines is 2. The van der Waals surface area contributed by atoms with Crippen LogP contribution in [0.1, 0.15) is 11.3 Å². The van der Waals surface area contributed by atoms with Crippen LogP contribution in [0.5, 0.6) is 5.88 Å². The summed E-state index contributed by atoms with van der Waals surface area (Å²) in [6.07, 6.45) is -3.17. The van der Waals surface area contributed by atoms with Gasteiger partial charge in [0.25, 0.3) is 0 Å². The van der Waals surface area contributed by atoms with Gasteiger partial charge in [0.05, 0.1) is 18.9 Å². The monoisotopic (exact) mass is 327 g/mol. The molecule has 0 atom stereocenters. The van der Waals surface area contributed by atoms with Gasteiger partial charge in [0.1, 0.15) is 0 Å². The molecule has 0 fully saturated rings. The average molecular weight is 327 g/mol. The largest absolute Gasteiger partial charge is 0.480 e. The van der Waals surface area contributed by atoms with Gasteiger partial charge in [-0.1, -0.05) is 5.16 Å². The van der Waals surface area contributed by atoms with Gasteiger partial charge < -0.3 is 21.0 Å². The van der Waals surface area contributed by atoms with E-state index in [1.54, 1.807) is 0 Å². The number of benzene rings is 1. The van der Waals surface area contributed by atoms with E-state index >= 15 is 0 Å². The second-order valence-corrected chi connectivity index (χ2v) is 4.29. The maximum absolute atomic E-state index is 12.5. The second kappa shape index (κ2) is 6.38. The summed E-state index contributed by atoms with van der Waals surface area (Å²) in [5, 5.41) is 14.3. The Morgan fingerprint density at radius 3 is 2.48 bits per heavy atom. The van der Waals surface area contributed by atoms with Crippen molar-refractivity contribution in [1.29, 1.82) is 0 Å². The number of alkyl halides is 3. The first-order valence-corrected chi connectivity index (χ1v) is 6.18. The van der Waals surface area contributed by atoms with E-state index in [9.17, 15) is 13.2 Å². The molecule has 2 rings (SSSR count). The van der Waals surface area contributed by atoms with E-state index < -0.39 is 11.7 Å². The topological polar surface area (TPSA) is 106 Å². The number of ether oxygens (including phenoxy) is 1. The molecule has 0 aliphatic heterocycles. The van der Waals surface area contributed by atoms with Gasteiger partial charge in [0.15, 0.2) is 17.3 Å². The van der Waals surface area contributed by atoms with Crippen LogP contribution in [-0.4, -0.2) is 28.1 Å². The number of aromatic nitrogens is 2. The fourth-order valence-electron chi connectivity index (χ4n) is 1.67. The molecule has 122 valence electrons. The van der Waals surface area contributed by atoms with Crippen molar-refractivity contribution in [2.75, 3.05) is 12.4 Å². The van der Waals surface area contributed by atoms with Crippen LogP contribution >= 0.6 is 0 Å². The standard InChI is InChI=1S/C13H12F3N5O2/c1-23-9-6-18-10(11(17)21-22)12(20-9)19-8-4-2-7(3-5-8)13(14,15)16/h2-6,22H,1H3,(H2,17,21)(H,19,20). The first-order chi connectivity index (χ1) is 10.8. The molecule has 0 aliphatic carbocycles. The third kappa shape index (κ3) is 3.78. The van der Waals surface area contributed by atoms with Crippen molar-refractivity contribution < 1.29 is 23.1 Å². The minimum absolute atomic E-state index is 0.0215. The molecule has 0 spiro atoms. The molecule has 0 saturated carbocycles. The summed E-state index contributed by atoms with van der Waals surface area (Å²) in [6.45, 7) is 0. The zero-order chi connectivity index (χ0) is 17.0. The van der Waals surface area contributed by atoms with Gasteiger partial charge in [-0.15, -0.1) is 0 Å². The Bertz CT molecular complexity index is 717. The summed E-state index contributed by atoms with van der Waals surface area (Å²) in [6, 6.07) is 4.28. The van der Waals surface area contributed by atoms with Crippen LogP contribution in [-0.2, 0) is 6.18 Å². The molecule has 0 amide bonds. The van der Waals surface area contributed by atoms with E-state index in [-0.39, 0.29) is 23.2 Å². The number of hydrogen-bond acceptors (Lipinski definition) is 6. The van der Waals surface area contributed by atoms with Gasteiger partial charge in [0, 0.05) is 5.69 Å². The van der Waals surface area contributed by atoms with Gasteiger partial charge in [-0.05, 0) is 24.3 Å². The Morgan fingerprint density at radius 1 is 1.30 bits per heavy atom. The van der Waals surface area contributed by atoms with E-state index in [0.717, 1.165) is 12.1 Å². The molecule has 4 N–H and O–H groups in total. The minimum Gasteiger partial charge on any atom is -0.480 e. The molecule has 0 bridgehead atoms. The van der Waals surface area contributed by atoms with Crippen LogP contribution in [0.4, 0.5) is 24.7 Å². The lowest BCUT2D eigenvalue weighted by molar-refractivity contribution is -0.137. The number of halogens is 3. The van der Waals surface area contributed by atoms with Gasteiger partial charge in [-0.25, -0.2) is 4.98 Å². The SMILES string of the molecule is COc1cnc(C(N)=NO)c(Nc2ccc(C(F)(F)F)cc2)n1. The highest BCUT2D eigenvalue weighted by Gasteiger charge is 2.30. The predicted molar refractivity (Wildman–Crippen MR) is 75.8 cm³/mol. The summed E-state index contributed by atoms with van der Waals surface area (Å²) in [4.78, 5) is 7.96. The maximum atomic E-state index is 12.5. The highest BCUT2D eigenvalue weighted by molar-refractivity contribution is 5.99. The van der Waals surface area contributed by atoms with E-state index in [1.165, 1.54) is 25.4 Å². The third-order valence-electron chi connectivity index (χ3n) is 2.78. The number of nitrogens with one attached hydrogen (secondary N) is 1.